The van der Waals surface area contributed by atoms with Gasteiger partial charge in [0.1, 0.15) is 11.5 Å². The first-order valence-electron chi connectivity index (χ1n) is 9.77. The van der Waals surface area contributed by atoms with Crippen LogP contribution in [0.3, 0.4) is 0 Å². The molecule has 2 N–H and O–H groups in total. The van der Waals surface area contributed by atoms with Crippen LogP contribution in [0.15, 0.2) is 54.6 Å². The number of rotatable bonds is 7. The van der Waals surface area contributed by atoms with Gasteiger partial charge in [-0.1, -0.05) is 18.2 Å². The molecule has 7 heteroatoms. The van der Waals surface area contributed by atoms with E-state index in [1.54, 1.807) is 14.2 Å². The number of anilines is 1. The maximum absolute atomic E-state index is 12.4. The monoisotopic (exact) mass is 404 g/mol. The fourth-order valence-corrected chi connectivity index (χ4v) is 3.63. The number of hydrogen-bond donors (Lipinski definition) is 2. The van der Waals surface area contributed by atoms with Crippen molar-refractivity contribution in [3.05, 3.63) is 60.2 Å². The molecule has 0 aliphatic carbocycles. The van der Waals surface area contributed by atoms with Gasteiger partial charge >= 0.3 is 0 Å². The van der Waals surface area contributed by atoms with Crippen LogP contribution in [0.1, 0.15) is 12.5 Å². The van der Waals surface area contributed by atoms with Crippen molar-refractivity contribution < 1.29 is 14.3 Å². The van der Waals surface area contributed by atoms with Gasteiger partial charge in [0.25, 0.3) is 0 Å². The predicted octanol–water partition coefficient (Wildman–Crippen LogP) is 4.25. The Labute approximate surface area is 174 Å². The molecule has 7 nitrogen and oxygen atoms in total. The van der Waals surface area contributed by atoms with Gasteiger partial charge in [-0.2, -0.15) is 5.10 Å². The SMILES string of the molecule is CCn1c(-c2cc(NC(=O)Cc3ccc(OC)cc3)n[nH]2)cc2c(OC)cccc21. The third-order valence-electron chi connectivity index (χ3n) is 5.09. The molecule has 0 fully saturated rings. The van der Waals surface area contributed by atoms with E-state index in [2.05, 4.69) is 39.1 Å². The number of carbonyl (C=O) groups excluding carboxylic acids is 1. The zero-order valence-corrected chi connectivity index (χ0v) is 17.2. The third-order valence-corrected chi connectivity index (χ3v) is 5.09. The molecule has 0 aliphatic heterocycles. The molecule has 0 saturated heterocycles. The summed E-state index contributed by atoms with van der Waals surface area (Å²) >= 11 is 0. The molecule has 0 radical (unpaired) electrons. The van der Waals surface area contributed by atoms with Crippen molar-refractivity contribution in [3.63, 3.8) is 0 Å². The van der Waals surface area contributed by atoms with Gasteiger partial charge in [0.2, 0.25) is 5.91 Å². The maximum atomic E-state index is 12.4. The Balaban J connectivity index is 1.54. The predicted molar refractivity (Wildman–Crippen MR) is 117 cm³/mol. The fourth-order valence-electron chi connectivity index (χ4n) is 3.63. The Hall–Kier alpha value is -3.74. The Bertz CT molecular complexity index is 1180. The van der Waals surface area contributed by atoms with Crippen LogP contribution in [0.5, 0.6) is 11.5 Å². The van der Waals surface area contributed by atoms with E-state index in [1.165, 1.54) is 0 Å². The van der Waals surface area contributed by atoms with E-state index in [4.69, 9.17) is 9.47 Å². The molecular weight excluding hydrogens is 380 g/mol. The van der Waals surface area contributed by atoms with E-state index in [0.717, 1.165) is 45.9 Å². The molecule has 30 heavy (non-hydrogen) atoms. The van der Waals surface area contributed by atoms with Crippen LogP contribution in [0, 0.1) is 0 Å². The highest BCUT2D eigenvalue weighted by Crippen LogP contribution is 2.33. The number of H-pyrrole nitrogens is 1. The van der Waals surface area contributed by atoms with Crippen LogP contribution >= 0.6 is 0 Å². The van der Waals surface area contributed by atoms with Gasteiger partial charge in [0.15, 0.2) is 5.82 Å². The minimum atomic E-state index is -0.129. The Morgan fingerprint density at radius 3 is 2.60 bits per heavy atom. The van der Waals surface area contributed by atoms with Gasteiger partial charge in [0, 0.05) is 18.0 Å². The molecule has 1 amide bonds. The van der Waals surface area contributed by atoms with Crippen LogP contribution in [0.2, 0.25) is 0 Å². The van der Waals surface area contributed by atoms with Crippen molar-refractivity contribution in [1.82, 2.24) is 14.8 Å². The van der Waals surface area contributed by atoms with E-state index < -0.39 is 0 Å². The fraction of sp³-hybridized carbons (Fsp3) is 0.217. The number of hydrogen-bond acceptors (Lipinski definition) is 4. The van der Waals surface area contributed by atoms with E-state index in [1.807, 2.05) is 42.5 Å². The standard InChI is InChI=1S/C23H24N4O3/c1-4-27-19-6-5-7-21(30-3)17(19)13-20(27)18-14-22(26-25-18)24-23(28)12-15-8-10-16(29-2)11-9-15/h5-11,13-14H,4,12H2,1-3H3,(H2,24,25,26,28). The average molecular weight is 404 g/mol. The van der Waals surface area contributed by atoms with Crippen LogP contribution in [-0.4, -0.2) is 34.9 Å². The normalized spacial score (nSPS) is 10.9. The number of amides is 1. The lowest BCUT2D eigenvalue weighted by molar-refractivity contribution is -0.115. The number of benzene rings is 2. The lowest BCUT2D eigenvalue weighted by Crippen LogP contribution is -2.14. The number of ether oxygens (including phenoxy) is 2. The largest absolute Gasteiger partial charge is 0.497 e. The molecule has 2 heterocycles. The topological polar surface area (TPSA) is 81.2 Å². The number of fused-ring (bicyclic) bond motifs is 1. The van der Waals surface area contributed by atoms with E-state index in [9.17, 15) is 4.79 Å². The van der Waals surface area contributed by atoms with Crippen molar-refractivity contribution >= 4 is 22.6 Å². The zero-order valence-electron chi connectivity index (χ0n) is 17.2. The number of aromatic nitrogens is 3. The van der Waals surface area contributed by atoms with Crippen LogP contribution in [-0.2, 0) is 17.8 Å². The van der Waals surface area contributed by atoms with Crippen LogP contribution < -0.4 is 14.8 Å². The summed E-state index contributed by atoms with van der Waals surface area (Å²) < 4.78 is 12.8. The summed E-state index contributed by atoms with van der Waals surface area (Å²) in [5.41, 5.74) is 3.81. The number of methoxy groups -OCH3 is 2. The van der Waals surface area contributed by atoms with E-state index in [0.29, 0.717) is 5.82 Å². The smallest absolute Gasteiger partial charge is 0.229 e. The lowest BCUT2D eigenvalue weighted by atomic mass is 10.1. The second kappa shape index (κ2) is 8.32. The molecule has 0 unspecified atom stereocenters. The van der Waals surface area contributed by atoms with Gasteiger partial charge in [-0.05, 0) is 42.8 Å². The van der Waals surface area contributed by atoms with Crippen LogP contribution in [0.25, 0.3) is 22.3 Å². The van der Waals surface area contributed by atoms with Crippen molar-refractivity contribution in [2.75, 3.05) is 19.5 Å². The first kappa shape index (κ1) is 19.6. The van der Waals surface area contributed by atoms with Gasteiger partial charge in [0.05, 0.1) is 37.5 Å². The summed E-state index contributed by atoms with van der Waals surface area (Å²) in [5.74, 6) is 1.95. The Morgan fingerprint density at radius 1 is 1.10 bits per heavy atom. The molecule has 4 rings (SSSR count). The van der Waals surface area contributed by atoms with Gasteiger partial charge in [-0.3, -0.25) is 9.89 Å². The second-order valence-electron chi connectivity index (χ2n) is 6.91. The van der Waals surface area contributed by atoms with Gasteiger partial charge in [-0.25, -0.2) is 0 Å². The summed E-state index contributed by atoms with van der Waals surface area (Å²) in [6, 6.07) is 17.4. The highest BCUT2D eigenvalue weighted by molar-refractivity contribution is 5.93. The summed E-state index contributed by atoms with van der Waals surface area (Å²) in [6.07, 6.45) is 0.263. The van der Waals surface area contributed by atoms with E-state index in [-0.39, 0.29) is 12.3 Å². The average Bonchev–Trinajstić information content (AvgIpc) is 3.37. The highest BCUT2D eigenvalue weighted by atomic mass is 16.5. The molecule has 0 spiro atoms. The molecule has 0 atom stereocenters. The van der Waals surface area contributed by atoms with Gasteiger partial charge < -0.3 is 19.4 Å². The van der Waals surface area contributed by atoms with Crippen molar-refractivity contribution in [2.24, 2.45) is 0 Å². The van der Waals surface area contributed by atoms with Gasteiger partial charge in [-0.15, -0.1) is 0 Å². The molecule has 154 valence electrons. The lowest BCUT2D eigenvalue weighted by Gasteiger charge is -2.06. The maximum Gasteiger partial charge on any atom is 0.229 e. The number of carbonyl (C=O) groups is 1. The minimum Gasteiger partial charge on any atom is -0.497 e. The summed E-state index contributed by atoms with van der Waals surface area (Å²) in [4.78, 5) is 12.4. The van der Waals surface area contributed by atoms with Crippen molar-refractivity contribution in [3.8, 4) is 22.9 Å². The molecule has 0 aliphatic rings. The first-order valence-corrected chi connectivity index (χ1v) is 9.77. The zero-order chi connectivity index (χ0) is 21.1. The number of aromatic amines is 1. The molecular formula is C23H24N4O3. The Kier molecular flexibility index (Phi) is 5.43. The summed E-state index contributed by atoms with van der Waals surface area (Å²) in [7, 11) is 3.29. The van der Waals surface area contributed by atoms with Crippen molar-refractivity contribution in [2.45, 2.75) is 19.9 Å². The highest BCUT2D eigenvalue weighted by Gasteiger charge is 2.15. The first-order chi connectivity index (χ1) is 14.6. The number of aryl methyl sites for hydroxylation is 1. The summed E-state index contributed by atoms with van der Waals surface area (Å²) in [5, 5.41) is 11.2. The van der Waals surface area contributed by atoms with Crippen LogP contribution in [0.4, 0.5) is 5.82 Å². The number of nitrogens with one attached hydrogen (secondary N) is 2. The molecule has 2 aromatic heterocycles. The number of nitrogens with zero attached hydrogens (tertiary/aromatic N) is 2. The summed E-state index contributed by atoms with van der Waals surface area (Å²) in [6.45, 7) is 2.89. The third kappa shape index (κ3) is 3.74. The molecule has 2 aromatic carbocycles. The molecule has 0 saturated carbocycles. The minimum absolute atomic E-state index is 0.129. The molecule has 4 aromatic rings. The van der Waals surface area contributed by atoms with Crippen molar-refractivity contribution in [1.29, 1.82) is 0 Å². The molecule has 0 bridgehead atoms. The Morgan fingerprint density at radius 2 is 1.90 bits per heavy atom. The quantitative estimate of drug-likeness (QED) is 0.483. The van der Waals surface area contributed by atoms with E-state index >= 15 is 0 Å². The second-order valence-corrected chi connectivity index (χ2v) is 6.91.